The van der Waals surface area contributed by atoms with Gasteiger partial charge in [-0.1, -0.05) is 29.5 Å². The molecule has 4 rings (SSSR count). The predicted molar refractivity (Wildman–Crippen MR) is 102 cm³/mol. The van der Waals surface area contributed by atoms with Gasteiger partial charge in [-0.15, -0.1) is 0 Å². The Kier molecular flexibility index (Phi) is 4.22. The molecule has 0 fully saturated rings. The van der Waals surface area contributed by atoms with Gasteiger partial charge in [-0.2, -0.15) is 0 Å². The molecule has 130 valence electrons. The highest BCUT2D eigenvalue weighted by molar-refractivity contribution is 7.22. The van der Waals surface area contributed by atoms with Gasteiger partial charge in [0, 0.05) is 25.6 Å². The van der Waals surface area contributed by atoms with Gasteiger partial charge in [0.05, 0.1) is 22.5 Å². The Labute approximate surface area is 154 Å². The Bertz CT molecular complexity index is 1070. The molecule has 0 aliphatic heterocycles. The number of hydrogen-bond donors (Lipinski definition) is 0. The lowest BCUT2D eigenvalue weighted by atomic mass is 10.2. The molecule has 0 saturated carbocycles. The maximum atomic E-state index is 13.2. The van der Waals surface area contributed by atoms with Crippen molar-refractivity contribution in [2.45, 2.75) is 13.5 Å². The number of imidazole rings is 1. The standard InChI is InChI=1S/C19H17N5OS/c1-13-6-5-8-15-16(13)22-19(26-15)24(12-14-7-3-4-9-20-14)18(25)17-21-10-11-23(17)2/h3-11H,12H2,1-2H3. The van der Waals surface area contributed by atoms with Gasteiger partial charge in [-0.05, 0) is 30.7 Å². The first-order valence-corrected chi connectivity index (χ1v) is 9.00. The van der Waals surface area contributed by atoms with E-state index < -0.39 is 0 Å². The Morgan fingerprint density at radius 3 is 2.73 bits per heavy atom. The summed E-state index contributed by atoms with van der Waals surface area (Å²) < 4.78 is 2.77. The van der Waals surface area contributed by atoms with Gasteiger partial charge in [-0.25, -0.2) is 9.97 Å². The van der Waals surface area contributed by atoms with Gasteiger partial charge in [0.2, 0.25) is 0 Å². The number of carbonyl (C=O) groups is 1. The molecule has 0 radical (unpaired) electrons. The number of fused-ring (bicyclic) bond motifs is 1. The van der Waals surface area contributed by atoms with Crippen molar-refractivity contribution in [3.05, 3.63) is 72.1 Å². The van der Waals surface area contributed by atoms with Gasteiger partial charge in [0.25, 0.3) is 5.91 Å². The van der Waals surface area contributed by atoms with Crippen LogP contribution >= 0.6 is 11.3 Å². The lowest BCUT2D eigenvalue weighted by molar-refractivity contribution is 0.0972. The van der Waals surface area contributed by atoms with Crippen LogP contribution in [0, 0.1) is 6.92 Å². The van der Waals surface area contributed by atoms with Crippen LogP contribution < -0.4 is 4.90 Å². The summed E-state index contributed by atoms with van der Waals surface area (Å²) >= 11 is 1.50. The number of para-hydroxylation sites is 1. The number of rotatable bonds is 4. The summed E-state index contributed by atoms with van der Waals surface area (Å²) in [6, 6.07) is 11.7. The number of anilines is 1. The zero-order valence-corrected chi connectivity index (χ0v) is 15.3. The van der Waals surface area contributed by atoms with Crippen LogP contribution in [0.3, 0.4) is 0 Å². The molecule has 3 aromatic heterocycles. The molecule has 4 aromatic rings. The summed E-state index contributed by atoms with van der Waals surface area (Å²) in [6.07, 6.45) is 5.10. The van der Waals surface area contributed by atoms with Crippen LogP contribution in [0.2, 0.25) is 0 Å². The number of hydrogen-bond acceptors (Lipinski definition) is 5. The first-order valence-electron chi connectivity index (χ1n) is 8.19. The van der Waals surface area contributed by atoms with E-state index in [1.54, 1.807) is 28.1 Å². The average molecular weight is 363 g/mol. The number of amides is 1. The fraction of sp³-hybridized carbons (Fsp3) is 0.158. The highest BCUT2D eigenvalue weighted by atomic mass is 32.1. The monoisotopic (exact) mass is 363 g/mol. The molecular formula is C19H17N5OS. The molecule has 1 amide bonds. The van der Waals surface area contributed by atoms with E-state index in [0.717, 1.165) is 21.5 Å². The van der Waals surface area contributed by atoms with Crippen LogP contribution in [0.1, 0.15) is 21.9 Å². The summed E-state index contributed by atoms with van der Waals surface area (Å²) in [7, 11) is 1.81. The molecule has 0 aliphatic rings. The Morgan fingerprint density at radius 1 is 1.15 bits per heavy atom. The van der Waals surface area contributed by atoms with Crippen LogP contribution in [0.25, 0.3) is 10.2 Å². The van der Waals surface area contributed by atoms with Crippen LogP contribution in [0.5, 0.6) is 0 Å². The van der Waals surface area contributed by atoms with Gasteiger partial charge in [0.15, 0.2) is 11.0 Å². The minimum atomic E-state index is -0.195. The Balaban J connectivity index is 1.80. The van der Waals surface area contributed by atoms with Crippen molar-refractivity contribution in [2.24, 2.45) is 7.05 Å². The summed E-state index contributed by atoms with van der Waals surface area (Å²) in [4.78, 5) is 28.1. The number of aryl methyl sites for hydroxylation is 2. The fourth-order valence-electron chi connectivity index (χ4n) is 2.76. The maximum absolute atomic E-state index is 13.2. The topological polar surface area (TPSA) is 63.9 Å². The van der Waals surface area contributed by atoms with E-state index in [2.05, 4.69) is 9.97 Å². The average Bonchev–Trinajstić information content (AvgIpc) is 3.27. The van der Waals surface area contributed by atoms with E-state index >= 15 is 0 Å². The van der Waals surface area contributed by atoms with E-state index in [1.807, 2.05) is 50.4 Å². The minimum Gasteiger partial charge on any atom is -0.330 e. The predicted octanol–water partition coefficient (Wildman–Crippen LogP) is 3.58. The molecule has 3 heterocycles. The molecule has 0 spiro atoms. The third-order valence-corrected chi connectivity index (χ3v) is 5.19. The summed E-state index contributed by atoms with van der Waals surface area (Å²) in [5, 5.41) is 0.646. The lowest BCUT2D eigenvalue weighted by Gasteiger charge is -2.19. The van der Waals surface area contributed by atoms with E-state index in [9.17, 15) is 4.79 Å². The smallest absolute Gasteiger partial charge is 0.296 e. The van der Waals surface area contributed by atoms with Crippen LogP contribution in [0.4, 0.5) is 5.13 Å². The normalized spacial score (nSPS) is 11.0. The number of carbonyl (C=O) groups excluding carboxylic acids is 1. The quantitative estimate of drug-likeness (QED) is 0.556. The number of benzene rings is 1. The Morgan fingerprint density at radius 2 is 2.04 bits per heavy atom. The molecule has 0 bridgehead atoms. The van der Waals surface area contributed by atoms with Gasteiger partial charge in [0.1, 0.15) is 0 Å². The number of thiazole rings is 1. The van der Waals surface area contributed by atoms with Crippen molar-refractivity contribution in [3.8, 4) is 0 Å². The second-order valence-corrected chi connectivity index (χ2v) is 7.00. The maximum Gasteiger partial charge on any atom is 0.296 e. The zero-order valence-electron chi connectivity index (χ0n) is 14.5. The highest BCUT2D eigenvalue weighted by Crippen LogP contribution is 2.32. The fourth-order valence-corrected chi connectivity index (χ4v) is 3.80. The third-order valence-electron chi connectivity index (χ3n) is 4.14. The molecule has 6 nitrogen and oxygen atoms in total. The molecule has 0 atom stereocenters. The van der Waals surface area contributed by atoms with Gasteiger partial charge < -0.3 is 4.57 Å². The van der Waals surface area contributed by atoms with Crippen molar-refractivity contribution in [3.63, 3.8) is 0 Å². The summed E-state index contributed by atoms with van der Waals surface area (Å²) in [6.45, 7) is 2.36. The molecule has 0 aliphatic carbocycles. The number of aromatic nitrogens is 4. The highest BCUT2D eigenvalue weighted by Gasteiger charge is 2.25. The van der Waals surface area contributed by atoms with Gasteiger partial charge >= 0.3 is 0 Å². The first kappa shape index (κ1) is 16.4. The van der Waals surface area contributed by atoms with E-state index in [4.69, 9.17) is 4.98 Å². The molecule has 7 heteroatoms. The van der Waals surface area contributed by atoms with Crippen LogP contribution in [-0.2, 0) is 13.6 Å². The third kappa shape index (κ3) is 2.97. The second-order valence-electron chi connectivity index (χ2n) is 5.99. The molecular weight excluding hydrogens is 346 g/mol. The van der Waals surface area contributed by atoms with E-state index in [-0.39, 0.29) is 5.91 Å². The van der Waals surface area contributed by atoms with E-state index in [0.29, 0.717) is 17.5 Å². The van der Waals surface area contributed by atoms with Crippen LogP contribution in [-0.4, -0.2) is 25.4 Å². The lowest BCUT2D eigenvalue weighted by Crippen LogP contribution is -2.32. The van der Waals surface area contributed by atoms with Crippen molar-refractivity contribution in [1.82, 2.24) is 19.5 Å². The van der Waals surface area contributed by atoms with E-state index in [1.165, 1.54) is 11.3 Å². The molecule has 0 N–H and O–H groups in total. The molecule has 0 saturated heterocycles. The zero-order chi connectivity index (χ0) is 18.1. The van der Waals surface area contributed by atoms with Crippen molar-refractivity contribution in [2.75, 3.05) is 4.90 Å². The first-order chi connectivity index (χ1) is 12.6. The summed E-state index contributed by atoms with van der Waals surface area (Å²) in [5.41, 5.74) is 2.81. The Hall–Kier alpha value is -3.06. The number of pyridine rings is 1. The molecule has 26 heavy (non-hydrogen) atoms. The summed E-state index contributed by atoms with van der Waals surface area (Å²) in [5.74, 6) is 0.178. The minimum absolute atomic E-state index is 0.195. The van der Waals surface area contributed by atoms with Crippen molar-refractivity contribution < 1.29 is 4.79 Å². The molecule has 0 unspecified atom stereocenters. The largest absolute Gasteiger partial charge is 0.330 e. The van der Waals surface area contributed by atoms with Crippen molar-refractivity contribution >= 4 is 32.6 Å². The SMILES string of the molecule is Cc1cccc2sc(N(Cc3ccccn3)C(=O)c3nccn3C)nc12. The van der Waals surface area contributed by atoms with Crippen molar-refractivity contribution in [1.29, 1.82) is 0 Å². The van der Waals surface area contributed by atoms with Gasteiger partial charge in [-0.3, -0.25) is 14.7 Å². The second kappa shape index (κ2) is 6.68. The number of nitrogens with zero attached hydrogens (tertiary/aromatic N) is 5. The van der Waals surface area contributed by atoms with Crippen LogP contribution in [0.15, 0.2) is 55.0 Å². The molecule has 1 aromatic carbocycles.